The Kier molecular flexibility index (Phi) is 6.59. The average molecular weight is 463 g/mol. The van der Waals surface area contributed by atoms with Crippen LogP contribution in [-0.4, -0.2) is 27.8 Å². The minimum atomic E-state index is -0.257. The largest absolute Gasteiger partial charge is 0.325 e. The molecular weight excluding hydrogens is 448 g/mol. The average Bonchev–Trinajstić information content (AvgIpc) is 3.10. The number of benzene rings is 2. The highest BCUT2D eigenvalue weighted by molar-refractivity contribution is 9.10. The molecule has 6 nitrogen and oxygen atoms in total. The lowest BCUT2D eigenvalue weighted by molar-refractivity contribution is -0.113. The van der Waals surface area contributed by atoms with Crippen molar-refractivity contribution >= 4 is 61.7 Å². The lowest BCUT2D eigenvalue weighted by Crippen LogP contribution is -2.13. The quantitative estimate of drug-likeness (QED) is 0.413. The first-order valence-corrected chi connectivity index (χ1v) is 10.5. The van der Waals surface area contributed by atoms with E-state index in [-0.39, 0.29) is 17.6 Å². The van der Waals surface area contributed by atoms with Gasteiger partial charge in [0.05, 0.1) is 5.75 Å². The Labute approximate surface area is 172 Å². The molecule has 2 N–H and O–H groups in total. The monoisotopic (exact) mass is 462 g/mol. The van der Waals surface area contributed by atoms with Gasteiger partial charge in [-0.25, -0.2) is 0 Å². The van der Waals surface area contributed by atoms with Crippen molar-refractivity contribution < 1.29 is 9.59 Å². The van der Waals surface area contributed by atoms with E-state index >= 15 is 0 Å². The predicted molar refractivity (Wildman–Crippen MR) is 113 cm³/mol. The predicted octanol–water partition coefficient (Wildman–Crippen LogP) is 4.59. The van der Waals surface area contributed by atoms with Crippen LogP contribution < -0.4 is 10.6 Å². The Hall–Kier alpha value is -2.23. The summed E-state index contributed by atoms with van der Waals surface area (Å²) in [5.74, 6) is -0.171. The van der Waals surface area contributed by atoms with Gasteiger partial charge in [0.25, 0.3) is 5.91 Å². The van der Waals surface area contributed by atoms with Crippen LogP contribution in [0, 0.1) is 6.92 Å². The minimum Gasteiger partial charge on any atom is -0.325 e. The van der Waals surface area contributed by atoms with Crippen LogP contribution in [0.3, 0.4) is 0 Å². The summed E-state index contributed by atoms with van der Waals surface area (Å²) in [4.78, 5) is 24.2. The first-order chi connectivity index (χ1) is 13.0. The van der Waals surface area contributed by atoms with Gasteiger partial charge in [0.15, 0.2) is 4.34 Å². The van der Waals surface area contributed by atoms with Crippen molar-refractivity contribution in [3.63, 3.8) is 0 Å². The van der Waals surface area contributed by atoms with E-state index < -0.39 is 0 Å². The van der Waals surface area contributed by atoms with Crippen LogP contribution >= 0.6 is 39.0 Å². The van der Waals surface area contributed by atoms with E-state index in [0.717, 1.165) is 15.7 Å². The molecule has 2 aromatic carbocycles. The maximum atomic E-state index is 12.2. The highest BCUT2D eigenvalue weighted by atomic mass is 79.9. The normalized spacial score (nSPS) is 10.4. The highest BCUT2D eigenvalue weighted by Crippen LogP contribution is 2.26. The lowest BCUT2D eigenvalue weighted by atomic mass is 10.2. The van der Waals surface area contributed by atoms with Gasteiger partial charge in [-0.05, 0) is 43.3 Å². The molecule has 0 aliphatic rings. The van der Waals surface area contributed by atoms with Crippen LogP contribution in [0.5, 0.6) is 0 Å². The zero-order valence-electron chi connectivity index (χ0n) is 14.2. The summed E-state index contributed by atoms with van der Waals surface area (Å²) in [5.41, 5.74) is 2.42. The molecule has 0 aliphatic carbocycles. The molecule has 0 unspecified atom stereocenters. The second kappa shape index (κ2) is 9.12. The molecule has 9 heteroatoms. The Morgan fingerprint density at radius 3 is 2.44 bits per heavy atom. The smallest absolute Gasteiger partial charge is 0.257 e. The Morgan fingerprint density at radius 2 is 1.74 bits per heavy atom. The highest BCUT2D eigenvalue weighted by Gasteiger charge is 2.12. The molecule has 1 aromatic heterocycles. The second-order valence-electron chi connectivity index (χ2n) is 5.54. The van der Waals surface area contributed by atoms with Crippen molar-refractivity contribution in [1.82, 2.24) is 10.2 Å². The molecule has 3 aromatic rings. The molecule has 0 bridgehead atoms. The SMILES string of the molecule is Cc1ccc(NC(=O)CSc2nnc(NC(=O)c3ccc(Br)cc3)s2)cc1. The van der Waals surface area contributed by atoms with Crippen LogP contribution in [0.2, 0.25) is 0 Å². The zero-order valence-corrected chi connectivity index (χ0v) is 17.5. The second-order valence-corrected chi connectivity index (χ2v) is 8.65. The molecule has 138 valence electrons. The summed E-state index contributed by atoms with van der Waals surface area (Å²) in [6, 6.07) is 14.6. The van der Waals surface area contributed by atoms with E-state index in [9.17, 15) is 9.59 Å². The molecular formula is C18H15BrN4O2S2. The van der Waals surface area contributed by atoms with E-state index in [1.807, 2.05) is 31.2 Å². The van der Waals surface area contributed by atoms with E-state index in [2.05, 4.69) is 36.8 Å². The molecule has 0 saturated carbocycles. The Morgan fingerprint density at radius 1 is 1.04 bits per heavy atom. The molecule has 0 aliphatic heterocycles. The fourth-order valence-electron chi connectivity index (χ4n) is 2.05. The molecule has 0 atom stereocenters. The molecule has 27 heavy (non-hydrogen) atoms. The van der Waals surface area contributed by atoms with Crippen LogP contribution in [-0.2, 0) is 4.79 Å². The van der Waals surface area contributed by atoms with Gasteiger partial charge in [-0.15, -0.1) is 10.2 Å². The number of hydrogen-bond donors (Lipinski definition) is 2. The van der Waals surface area contributed by atoms with Gasteiger partial charge in [-0.3, -0.25) is 14.9 Å². The first-order valence-electron chi connectivity index (χ1n) is 7.89. The molecule has 2 amide bonds. The van der Waals surface area contributed by atoms with Crippen molar-refractivity contribution in [2.45, 2.75) is 11.3 Å². The number of halogens is 1. The standard InChI is InChI=1S/C18H15BrN4O2S2/c1-11-2-8-14(9-3-11)20-15(24)10-26-18-23-22-17(27-18)21-16(25)12-4-6-13(19)7-5-12/h2-9H,10H2,1H3,(H,20,24)(H,21,22,25). The third-order valence-corrected chi connectivity index (χ3v) is 5.90. The van der Waals surface area contributed by atoms with Crippen molar-refractivity contribution in [3.05, 3.63) is 64.1 Å². The van der Waals surface area contributed by atoms with Gasteiger partial charge in [-0.2, -0.15) is 0 Å². The number of carbonyl (C=O) groups excluding carboxylic acids is 2. The summed E-state index contributed by atoms with van der Waals surface area (Å²) in [6.45, 7) is 1.99. The number of carbonyl (C=O) groups is 2. The van der Waals surface area contributed by atoms with Crippen molar-refractivity contribution in [3.8, 4) is 0 Å². The third kappa shape index (κ3) is 5.88. The summed E-state index contributed by atoms with van der Waals surface area (Å²) in [6.07, 6.45) is 0. The van der Waals surface area contributed by atoms with Crippen LogP contribution in [0.1, 0.15) is 15.9 Å². The summed E-state index contributed by atoms with van der Waals surface area (Å²) in [5, 5.41) is 13.9. The number of nitrogens with one attached hydrogen (secondary N) is 2. The molecule has 0 spiro atoms. The molecule has 0 radical (unpaired) electrons. The van der Waals surface area contributed by atoms with Crippen molar-refractivity contribution in [2.75, 3.05) is 16.4 Å². The molecule has 3 rings (SSSR count). The van der Waals surface area contributed by atoms with E-state index in [1.165, 1.54) is 23.1 Å². The van der Waals surface area contributed by atoms with Gasteiger partial charge >= 0.3 is 0 Å². The van der Waals surface area contributed by atoms with Gasteiger partial charge in [-0.1, -0.05) is 56.7 Å². The van der Waals surface area contributed by atoms with E-state index in [0.29, 0.717) is 15.0 Å². The summed E-state index contributed by atoms with van der Waals surface area (Å²) in [7, 11) is 0. The number of aromatic nitrogens is 2. The first kappa shape index (κ1) is 19.5. The van der Waals surface area contributed by atoms with Gasteiger partial charge in [0, 0.05) is 15.7 Å². The molecule has 1 heterocycles. The number of hydrogen-bond acceptors (Lipinski definition) is 6. The fourth-order valence-corrected chi connectivity index (χ4v) is 3.86. The van der Waals surface area contributed by atoms with Crippen LogP contribution in [0.4, 0.5) is 10.8 Å². The zero-order chi connectivity index (χ0) is 19.2. The van der Waals surface area contributed by atoms with Crippen molar-refractivity contribution in [1.29, 1.82) is 0 Å². The number of anilines is 2. The van der Waals surface area contributed by atoms with Gasteiger partial charge in [0.2, 0.25) is 11.0 Å². The van der Waals surface area contributed by atoms with E-state index in [1.54, 1.807) is 24.3 Å². The maximum Gasteiger partial charge on any atom is 0.257 e. The molecule has 0 saturated heterocycles. The van der Waals surface area contributed by atoms with Gasteiger partial charge < -0.3 is 5.32 Å². The number of thioether (sulfide) groups is 1. The third-order valence-electron chi connectivity index (χ3n) is 3.40. The van der Waals surface area contributed by atoms with Crippen molar-refractivity contribution in [2.24, 2.45) is 0 Å². The Balaban J connectivity index is 1.50. The summed E-state index contributed by atoms with van der Waals surface area (Å²) < 4.78 is 1.51. The van der Waals surface area contributed by atoms with Gasteiger partial charge in [0.1, 0.15) is 0 Å². The van der Waals surface area contributed by atoms with Crippen LogP contribution in [0.25, 0.3) is 0 Å². The number of rotatable bonds is 6. The molecule has 0 fully saturated rings. The number of aryl methyl sites for hydroxylation is 1. The maximum absolute atomic E-state index is 12.2. The van der Waals surface area contributed by atoms with Crippen LogP contribution in [0.15, 0.2) is 57.3 Å². The lowest BCUT2D eigenvalue weighted by Gasteiger charge is -2.04. The minimum absolute atomic E-state index is 0.125. The summed E-state index contributed by atoms with van der Waals surface area (Å²) >= 11 is 5.83. The van der Waals surface area contributed by atoms with E-state index in [4.69, 9.17) is 0 Å². The number of nitrogens with zero attached hydrogens (tertiary/aromatic N) is 2. The fraction of sp³-hybridized carbons (Fsp3) is 0.111. The topological polar surface area (TPSA) is 84.0 Å². The number of amides is 2. The Bertz CT molecular complexity index is 943.